The predicted octanol–water partition coefficient (Wildman–Crippen LogP) is 4.25. The standard InChI is InChI=1S/C20H20N2O3S/c1-15(23)18-8-3-4-9-19(18)25-12-13-26-20-21-10-11-22(20)16-6-5-7-17(14-16)24-2/h3-11,14H,12-13H2,1-2H3. The molecule has 0 fully saturated rings. The van der Waals surface area contributed by atoms with Gasteiger partial charge in [0, 0.05) is 24.2 Å². The third-order valence-electron chi connectivity index (χ3n) is 3.78. The molecule has 0 spiro atoms. The van der Waals surface area contributed by atoms with Gasteiger partial charge in [0.25, 0.3) is 0 Å². The van der Waals surface area contributed by atoms with Gasteiger partial charge in [-0.1, -0.05) is 30.0 Å². The zero-order valence-corrected chi connectivity index (χ0v) is 15.5. The van der Waals surface area contributed by atoms with Crippen molar-refractivity contribution in [2.45, 2.75) is 12.1 Å². The van der Waals surface area contributed by atoms with Crippen molar-refractivity contribution in [1.82, 2.24) is 9.55 Å². The van der Waals surface area contributed by atoms with Crippen molar-refractivity contribution in [3.8, 4) is 17.2 Å². The van der Waals surface area contributed by atoms with Crippen molar-refractivity contribution in [3.63, 3.8) is 0 Å². The molecule has 0 aliphatic heterocycles. The minimum atomic E-state index is 0.00169. The first-order valence-electron chi connectivity index (χ1n) is 8.22. The minimum Gasteiger partial charge on any atom is -0.497 e. The van der Waals surface area contributed by atoms with Crippen LogP contribution in [0, 0.1) is 0 Å². The number of ether oxygens (including phenoxy) is 2. The number of hydrogen-bond acceptors (Lipinski definition) is 5. The summed E-state index contributed by atoms with van der Waals surface area (Å²) in [7, 11) is 1.65. The molecule has 2 aromatic carbocycles. The number of hydrogen-bond donors (Lipinski definition) is 0. The quantitative estimate of drug-likeness (QED) is 0.338. The van der Waals surface area contributed by atoms with Crippen molar-refractivity contribution in [2.75, 3.05) is 19.5 Å². The molecule has 5 nitrogen and oxygen atoms in total. The Hall–Kier alpha value is -2.73. The Morgan fingerprint density at radius 2 is 2.04 bits per heavy atom. The number of aromatic nitrogens is 2. The number of imidazole rings is 1. The number of methoxy groups -OCH3 is 1. The van der Waals surface area contributed by atoms with Gasteiger partial charge in [0.05, 0.1) is 25.0 Å². The molecule has 1 aromatic heterocycles. The van der Waals surface area contributed by atoms with Crippen LogP contribution in [0.2, 0.25) is 0 Å². The molecule has 0 aliphatic rings. The number of rotatable bonds is 8. The van der Waals surface area contributed by atoms with E-state index in [1.165, 1.54) is 0 Å². The number of carbonyl (C=O) groups is 1. The van der Waals surface area contributed by atoms with Crippen LogP contribution in [0.4, 0.5) is 0 Å². The highest BCUT2D eigenvalue weighted by Crippen LogP contribution is 2.24. The second kappa shape index (κ2) is 8.58. The maximum absolute atomic E-state index is 11.6. The number of carbonyl (C=O) groups excluding carboxylic acids is 1. The molecule has 0 amide bonds. The molecule has 0 saturated carbocycles. The van der Waals surface area contributed by atoms with Gasteiger partial charge in [0.15, 0.2) is 10.9 Å². The van der Waals surface area contributed by atoms with Gasteiger partial charge in [-0.2, -0.15) is 0 Å². The first kappa shape index (κ1) is 18.1. The van der Waals surface area contributed by atoms with Crippen LogP contribution in [0.5, 0.6) is 11.5 Å². The third-order valence-corrected chi connectivity index (χ3v) is 4.71. The fourth-order valence-electron chi connectivity index (χ4n) is 2.52. The normalized spacial score (nSPS) is 10.5. The molecule has 1 heterocycles. The Kier molecular flexibility index (Phi) is 5.96. The van der Waals surface area contributed by atoms with Crippen molar-refractivity contribution in [1.29, 1.82) is 0 Å². The van der Waals surface area contributed by atoms with E-state index in [1.54, 1.807) is 38.1 Å². The molecule has 0 atom stereocenters. The summed E-state index contributed by atoms with van der Waals surface area (Å²) in [5.74, 6) is 2.14. The summed E-state index contributed by atoms with van der Waals surface area (Å²) in [5, 5.41) is 0.877. The van der Waals surface area contributed by atoms with Gasteiger partial charge < -0.3 is 9.47 Å². The minimum absolute atomic E-state index is 0.00169. The Morgan fingerprint density at radius 1 is 1.19 bits per heavy atom. The van der Waals surface area contributed by atoms with E-state index in [9.17, 15) is 4.79 Å². The zero-order valence-electron chi connectivity index (χ0n) is 14.7. The molecule has 0 saturated heterocycles. The Bertz CT molecular complexity index is 892. The molecule has 0 aliphatic carbocycles. The fourth-order valence-corrected chi connectivity index (χ4v) is 3.31. The summed E-state index contributed by atoms with van der Waals surface area (Å²) < 4.78 is 13.1. The molecule has 6 heteroatoms. The van der Waals surface area contributed by atoms with Crippen LogP contribution >= 0.6 is 11.8 Å². The molecular weight excluding hydrogens is 348 g/mol. The first-order valence-corrected chi connectivity index (χ1v) is 9.21. The SMILES string of the molecule is COc1cccc(-n2ccnc2SCCOc2ccccc2C(C)=O)c1. The average Bonchev–Trinajstić information content (AvgIpc) is 3.14. The Balaban J connectivity index is 1.62. The number of nitrogens with zero attached hydrogens (tertiary/aromatic N) is 2. The van der Waals surface area contributed by atoms with Crippen molar-refractivity contribution >= 4 is 17.5 Å². The van der Waals surface area contributed by atoms with E-state index >= 15 is 0 Å². The molecular formula is C20H20N2O3S. The lowest BCUT2D eigenvalue weighted by Gasteiger charge is -2.11. The average molecular weight is 368 g/mol. The smallest absolute Gasteiger partial charge is 0.172 e. The van der Waals surface area contributed by atoms with E-state index in [1.807, 2.05) is 53.2 Å². The zero-order chi connectivity index (χ0) is 18.4. The lowest BCUT2D eigenvalue weighted by atomic mass is 10.1. The maximum Gasteiger partial charge on any atom is 0.172 e. The van der Waals surface area contributed by atoms with Crippen LogP contribution in [-0.2, 0) is 0 Å². The second-order valence-electron chi connectivity index (χ2n) is 5.53. The van der Waals surface area contributed by atoms with E-state index in [2.05, 4.69) is 4.98 Å². The molecule has 0 bridgehead atoms. The van der Waals surface area contributed by atoms with Crippen LogP contribution in [0.15, 0.2) is 66.1 Å². The maximum atomic E-state index is 11.6. The van der Waals surface area contributed by atoms with E-state index in [4.69, 9.17) is 9.47 Å². The number of Topliss-reactive ketones (excluding diaryl/α,β-unsaturated/α-hetero) is 1. The number of benzene rings is 2. The van der Waals surface area contributed by atoms with Crippen LogP contribution in [-0.4, -0.2) is 34.8 Å². The van der Waals surface area contributed by atoms with Gasteiger partial charge in [-0.05, 0) is 31.2 Å². The molecule has 134 valence electrons. The molecule has 3 aromatic rings. The molecule has 3 rings (SSSR count). The van der Waals surface area contributed by atoms with Crippen LogP contribution in [0.1, 0.15) is 17.3 Å². The highest BCUT2D eigenvalue weighted by Gasteiger charge is 2.09. The monoisotopic (exact) mass is 368 g/mol. The summed E-state index contributed by atoms with van der Waals surface area (Å²) >= 11 is 1.60. The van der Waals surface area contributed by atoms with Crippen molar-refractivity contribution < 1.29 is 14.3 Å². The first-order chi connectivity index (χ1) is 12.7. The summed E-state index contributed by atoms with van der Waals surface area (Å²) in [6.45, 7) is 2.03. The highest BCUT2D eigenvalue weighted by molar-refractivity contribution is 7.99. The molecule has 26 heavy (non-hydrogen) atoms. The lowest BCUT2D eigenvalue weighted by molar-refractivity contribution is 0.101. The van der Waals surface area contributed by atoms with Crippen LogP contribution in [0.3, 0.4) is 0 Å². The Labute approximate surface area is 157 Å². The van der Waals surface area contributed by atoms with Crippen molar-refractivity contribution in [3.05, 3.63) is 66.5 Å². The van der Waals surface area contributed by atoms with E-state index in [-0.39, 0.29) is 5.78 Å². The molecule has 0 unspecified atom stereocenters. The lowest BCUT2D eigenvalue weighted by Crippen LogP contribution is -2.05. The van der Waals surface area contributed by atoms with E-state index in [0.29, 0.717) is 23.7 Å². The highest BCUT2D eigenvalue weighted by atomic mass is 32.2. The second-order valence-corrected chi connectivity index (χ2v) is 6.59. The van der Waals surface area contributed by atoms with E-state index < -0.39 is 0 Å². The number of para-hydroxylation sites is 1. The topological polar surface area (TPSA) is 53.4 Å². The van der Waals surface area contributed by atoms with Gasteiger partial charge >= 0.3 is 0 Å². The number of thioether (sulfide) groups is 1. The summed E-state index contributed by atoms with van der Waals surface area (Å²) in [6, 6.07) is 15.1. The largest absolute Gasteiger partial charge is 0.497 e. The van der Waals surface area contributed by atoms with Gasteiger partial charge in [-0.3, -0.25) is 9.36 Å². The molecule has 0 N–H and O–H groups in total. The fraction of sp³-hybridized carbons (Fsp3) is 0.200. The van der Waals surface area contributed by atoms with Crippen LogP contribution in [0.25, 0.3) is 5.69 Å². The predicted molar refractivity (Wildman–Crippen MR) is 103 cm³/mol. The van der Waals surface area contributed by atoms with E-state index in [0.717, 1.165) is 16.6 Å². The van der Waals surface area contributed by atoms with Gasteiger partial charge in [-0.25, -0.2) is 4.98 Å². The summed E-state index contributed by atoms with van der Waals surface area (Å²) in [6.07, 6.45) is 3.69. The number of ketones is 1. The van der Waals surface area contributed by atoms with Gasteiger partial charge in [-0.15, -0.1) is 0 Å². The van der Waals surface area contributed by atoms with Gasteiger partial charge in [0.2, 0.25) is 0 Å². The molecule has 0 radical (unpaired) electrons. The third kappa shape index (κ3) is 4.26. The van der Waals surface area contributed by atoms with Gasteiger partial charge in [0.1, 0.15) is 11.5 Å². The van der Waals surface area contributed by atoms with Crippen molar-refractivity contribution in [2.24, 2.45) is 0 Å². The van der Waals surface area contributed by atoms with Crippen LogP contribution < -0.4 is 9.47 Å². The summed E-state index contributed by atoms with van der Waals surface area (Å²) in [4.78, 5) is 16.0. The Morgan fingerprint density at radius 3 is 2.85 bits per heavy atom. The summed E-state index contributed by atoms with van der Waals surface area (Å²) in [5.41, 5.74) is 1.60.